The number of rotatable bonds is 4. The molecule has 1 aromatic heterocycles. The van der Waals surface area contributed by atoms with Gasteiger partial charge in [-0.3, -0.25) is 0 Å². The molecule has 0 amide bonds. The highest BCUT2D eigenvalue weighted by molar-refractivity contribution is 14.1. The fraction of sp³-hybridized carbons (Fsp3) is 0.333. The molecule has 1 unspecified atom stereocenters. The van der Waals surface area contributed by atoms with Gasteiger partial charge in [-0.05, 0) is 78.4 Å². The number of aryl methyl sites for hydroxylation is 2. The van der Waals surface area contributed by atoms with E-state index in [9.17, 15) is 0 Å². The Labute approximate surface area is 141 Å². The maximum atomic E-state index is 3.69. The van der Waals surface area contributed by atoms with Crippen LogP contribution in [0.3, 0.4) is 0 Å². The second kappa shape index (κ2) is 6.70. The lowest BCUT2D eigenvalue weighted by Gasteiger charge is -2.20. The third-order valence-corrected chi connectivity index (χ3v) is 5.44. The summed E-state index contributed by atoms with van der Waals surface area (Å²) < 4.78 is 2.44. The smallest absolute Gasteiger partial charge is 0.0599 e. The number of thiophene rings is 1. The average molecular weight is 450 g/mol. The molecule has 0 spiro atoms. The highest BCUT2D eigenvalue weighted by Gasteiger charge is 2.19. The molecule has 0 fully saturated rings. The van der Waals surface area contributed by atoms with Gasteiger partial charge in [0.2, 0.25) is 0 Å². The van der Waals surface area contributed by atoms with Crippen LogP contribution in [0.2, 0.25) is 0 Å². The standard InChI is InChI=1S/C15H17BrINS/c1-4-18-15(12-7-9(2)19-10(12)3)13-8-11(17)5-6-14(13)16/h5-8,15,18H,4H2,1-3H3. The lowest BCUT2D eigenvalue weighted by atomic mass is 9.99. The largest absolute Gasteiger partial charge is 0.306 e. The quantitative estimate of drug-likeness (QED) is 0.613. The topological polar surface area (TPSA) is 12.0 Å². The van der Waals surface area contributed by atoms with Crippen LogP contribution in [0.25, 0.3) is 0 Å². The van der Waals surface area contributed by atoms with E-state index in [2.05, 4.69) is 88.9 Å². The van der Waals surface area contributed by atoms with Crippen molar-refractivity contribution < 1.29 is 0 Å². The summed E-state index contributed by atoms with van der Waals surface area (Å²) in [6, 6.07) is 9.09. The van der Waals surface area contributed by atoms with E-state index in [4.69, 9.17) is 0 Å². The van der Waals surface area contributed by atoms with Crippen molar-refractivity contribution in [3.63, 3.8) is 0 Å². The van der Waals surface area contributed by atoms with Crippen LogP contribution in [-0.2, 0) is 0 Å². The van der Waals surface area contributed by atoms with Crippen molar-refractivity contribution in [3.05, 3.63) is 53.2 Å². The van der Waals surface area contributed by atoms with E-state index in [-0.39, 0.29) is 6.04 Å². The molecule has 0 aliphatic heterocycles. The summed E-state index contributed by atoms with van der Waals surface area (Å²) in [4.78, 5) is 2.77. The highest BCUT2D eigenvalue weighted by atomic mass is 127. The molecule has 0 saturated heterocycles. The van der Waals surface area contributed by atoms with Crippen LogP contribution in [0.1, 0.15) is 33.8 Å². The lowest BCUT2D eigenvalue weighted by molar-refractivity contribution is 0.627. The van der Waals surface area contributed by atoms with Gasteiger partial charge in [0.15, 0.2) is 0 Å². The Hall–Kier alpha value is 0.0900. The van der Waals surface area contributed by atoms with Crippen molar-refractivity contribution in [1.29, 1.82) is 0 Å². The molecule has 1 N–H and O–H groups in total. The molecule has 0 saturated carbocycles. The van der Waals surface area contributed by atoms with Gasteiger partial charge in [-0.2, -0.15) is 0 Å². The maximum Gasteiger partial charge on any atom is 0.0599 e. The number of hydrogen-bond acceptors (Lipinski definition) is 2. The molecule has 2 aromatic rings. The molecule has 1 atom stereocenters. The Morgan fingerprint density at radius 2 is 2.00 bits per heavy atom. The van der Waals surface area contributed by atoms with Crippen LogP contribution in [0.4, 0.5) is 0 Å². The Balaban J connectivity index is 2.51. The molecule has 0 aliphatic carbocycles. The van der Waals surface area contributed by atoms with Gasteiger partial charge in [0.1, 0.15) is 0 Å². The minimum Gasteiger partial charge on any atom is -0.306 e. The Morgan fingerprint density at radius 3 is 2.58 bits per heavy atom. The van der Waals surface area contributed by atoms with Crippen LogP contribution < -0.4 is 5.32 Å². The predicted molar refractivity (Wildman–Crippen MR) is 96.2 cm³/mol. The van der Waals surface area contributed by atoms with E-state index < -0.39 is 0 Å². The summed E-state index contributed by atoms with van der Waals surface area (Å²) in [5, 5.41) is 3.61. The summed E-state index contributed by atoms with van der Waals surface area (Å²) in [6.45, 7) is 7.49. The molecular formula is C15H17BrINS. The second-order valence-corrected chi connectivity index (χ2v) is 8.09. The van der Waals surface area contributed by atoms with Gasteiger partial charge in [-0.1, -0.05) is 22.9 Å². The molecule has 1 nitrogen and oxygen atoms in total. The maximum absolute atomic E-state index is 3.69. The molecule has 0 bridgehead atoms. The van der Waals surface area contributed by atoms with Crippen molar-refractivity contribution in [2.45, 2.75) is 26.8 Å². The lowest BCUT2D eigenvalue weighted by Crippen LogP contribution is -2.22. The number of halogens is 2. The molecule has 1 heterocycles. The first-order chi connectivity index (χ1) is 9.02. The monoisotopic (exact) mass is 449 g/mol. The average Bonchev–Trinajstić information content (AvgIpc) is 2.69. The summed E-state index contributed by atoms with van der Waals surface area (Å²) in [7, 11) is 0. The normalized spacial score (nSPS) is 12.7. The number of benzene rings is 1. The zero-order valence-corrected chi connectivity index (χ0v) is 15.8. The van der Waals surface area contributed by atoms with Gasteiger partial charge in [0, 0.05) is 17.8 Å². The molecule has 1 aromatic carbocycles. The summed E-state index contributed by atoms with van der Waals surface area (Å²) in [5.74, 6) is 0. The zero-order valence-electron chi connectivity index (χ0n) is 11.3. The van der Waals surface area contributed by atoms with E-state index in [1.165, 1.54) is 28.9 Å². The van der Waals surface area contributed by atoms with E-state index in [0.29, 0.717) is 0 Å². The summed E-state index contributed by atoms with van der Waals surface area (Å²) >= 11 is 7.93. The van der Waals surface area contributed by atoms with Crippen LogP contribution in [-0.4, -0.2) is 6.54 Å². The molecule has 102 valence electrons. The van der Waals surface area contributed by atoms with Crippen molar-refractivity contribution in [1.82, 2.24) is 5.32 Å². The third-order valence-electron chi connectivity index (χ3n) is 3.07. The summed E-state index contributed by atoms with van der Waals surface area (Å²) in [6.07, 6.45) is 0. The van der Waals surface area contributed by atoms with Crippen molar-refractivity contribution >= 4 is 49.9 Å². The van der Waals surface area contributed by atoms with Crippen LogP contribution in [0.15, 0.2) is 28.7 Å². The van der Waals surface area contributed by atoms with Gasteiger partial charge in [-0.15, -0.1) is 11.3 Å². The van der Waals surface area contributed by atoms with Crippen molar-refractivity contribution in [3.8, 4) is 0 Å². The minimum absolute atomic E-state index is 0.263. The van der Waals surface area contributed by atoms with E-state index in [1.807, 2.05) is 11.3 Å². The summed E-state index contributed by atoms with van der Waals surface area (Å²) in [5.41, 5.74) is 2.71. The van der Waals surface area contributed by atoms with Gasteiger partial charge >= 0.3 is 0 Å². The molecule has 0 aliphatic rings. The highest BCUT2D eigenvalue weighted by Crippen LogP contribution is 2.34. The molecule has 19 heavy (non-hydrogen) atoms. The molecular weight excluding hydrogens is 433 g/mol. The minimum atomic E-state index is 0.263. The number of nitrogens with one attached hydrogen (secondary N) is 1. The van der Waals surface area contributed by atoms with Crippen LogP contribution >= 0.6 is 49.9 Å². The first kappa shape index (κ1) is 15.5. The van der Waals surface area contributed by atoms with Crippen molar-refractivity contribution in [2.75, 3.05) is 6.54 Å². The molecule has 2 rings (SSSR count). The van der Waals surface area contributed by atoms with E-state index in [1.54, 1.807) is 0 Å². The van der Waals surface area contributed by atoms with Crippen LogP contribution in [0.5, 0.6) is 0 Å². The van der Waals surface area contributed by atoms with Gasteiger partial charge in [-0.25, -0.2) is 0 Å². The molecule has 0 radical (unpaired) electrons. The molecule has 4 heteroatoms. The Morgan fingerprint density at radius 1 is 1.26 bits per heavy atom. The predicted octanol–water partition coefficient (Wildman–Crippen LogP) is 5.43. The fourth-order valence-electron chi connectivity index (χ4n) is 2.26. The van der Waals surface area contributed by atoms with Crippen LogP contribution in [0, 0.1) is 17.4 Å². The number of hydrogen-bond donors (Lipinski definition) is 1. The van der Waals surface area contributed by atoms with Gasteiger partial charge in [0.25, 0.3) is 0 Å². The third kappa shape index (κ3) is 3.60. The first-order valence-electron chi connectivity index (χ1n) is 6.28. The van der Waals surface area contributed by atoms with Gasteiger partial charge in [0.05, 0.1) is 6.04 Å². The first-order valence-corrected chi connectivity index (χ1v) is 8.97. The SMILES string of the molecule is CCNC(c1cc(I)ccc1Br)c1cc(C)sc1C. The van der Waals surface area contributed by atoms with E-state index >= 15 is 0 Å². The second-order valence-electron chi connectivity index (χ2n) is 4.53. The van der Waals surface area contributed by atoms with Gasteiger partial charge < -0.3 is 5.32 Å². The Kier molecular flexibility index (Phi) is 5.45. The zero-order chi connectivity index (χ0) is 14.0. The fourth-order valence-corrected chi connectivity index (χ4v) is 4.22. The van der Waals surface area contributed by atoms with E-state index in [0.717, 1.165) is 6.54 Å². The Bertz CT molecular complexity index is 580. The van der Waals surface area contributed by atoms with Crippen molar-refractivity contribution in [2.24, 2.45) is 0 Å².